The summed E-state index contributed by atoms with van der Waals surface area (Å²) in [6.45, 7) is 4.37. The highest BCUT2D eigenvalue weighted by atomic mass is 35.6. The number of esters is 6. The van der Waals surface area contributed by atoms with Gasteiger partial charge in [0.05, 0.1) is 66.4 Å². The Labute approximate surface area is 845 Å². The molecular formula is C109H141Cl3N2O26S. The number of unbranched alkanes of at least 4 members (excludes halogenated alkanes) is 28. The van der Waals surface area contributed by atoms with Crippen LogP contribution in [0.3, 0.4) is 0 Å². The van der Waals surface area contributed by atoms with E-state index in [1.54, 1.807) is 152 Å². The molecule has 0 aliphatic carbocycles. The first kappa shape index (κ1) is 114. The summed E-state index contributed by atoms with van der Waals surface area (Å²) in [6.07, 6.45) is 3.91. The maximum absolute atomic E-state index is 15.7. The minimum Gasteiger partial charge on any atom is -0.459 e. The van der Waals surface area contributed by atoms with Gasteiger partial charge in [-0.2, -0.15) is 8.42 Å². The van der Waals surface area contributed by atoms with E-state index in [9.17, 15) is 32.1 Å². The van der Waals surface area contributed by atoms with E-state index in [0.717, 1.165) is 77.6 Å². The van der Waals surface area contributed by atoms with Crippen LogP contribution in [0.15, 0.2) is 212 Å². The highest BCUT2D eigenvalue weighted by Crippen LogP contribution is 2.41. The Balaban J connectivity index is 1.12. The van der Waals surface area contributed by atoms with E-state index in [2.05, 4.69) is 24.5 Å². The van der Waals surface area contributed by atoms with Crippen molar-refractivity contribution in [3.05, 3.63) is 251 Å². The summed E-state index contributed by atoms with van der Waals surface area (Å²) < 4.78 is 135. The Morgan fingerprint density at radius 1 is 0.397 bits per heavy atom. The van der Waals surface area contributed by atoms with E-state index < -0.39 is 186 Å². The van der Waals surface area contributed by atoms with Crippen molar-refractivity contribution in [2.75, 3.05) is 19.8 Å². The SMILES string of the molecule is CCCCCCCCCCCCCCCCCC(=O)N[C@@H](CO[C@H]1O[C@H](COC(=O)c2ccccc2)[C@@H](OC(=O)c2ccccc2)[C@H](OC(=O)c2ccccc2)[C@@H]1O[C@@H]1O[C@H](COCc2ccccc2)[C@@H](OCc2ccccc2)[C@H](O[C@@H]2O[C@@H](C)[C@@H](OC(C)=O)[C@@H](OS(=O)(=O)O)[C@@H]2OC(=O)c2ccccc2)[C@H]1NC(=O)C(Cl)(Cl)Cl)[C@@H](CCCCCCCCCCCCCCCCC)OC(=O)c1ccccc1. The van der Waals surface area contributed by atoms with Gasteiger partial charge in [-0.1, -0.05) is 380 Å². The molecule has 0 unspecified atom stereocenters. The fourth-order valence-electron chi connectivity index (χ4n) is 17.6. The summed E-state index contributed by atoms with van der Waals surface area (Å²) in [5, 5.41) is 5.94. The van der Waals surface area contributed by atoms with Crippen LogP contribution in [0.1, 0.15) is 296 Å². The number of nitrogens with one attached hydrogen (secondary N) is 2. The van der Waals surface area contributed by atoms with Crippen LogP contribution in [-0.2, 0) is 108 Å². The number of benzene rings is 7. The number of hydrogen-bond donors (Lipinski definition) is 3. The van der Waals surface area contributed by atoms with Gasteiger partial charge in [0.2, 0.25) is 5.91 Å². The van der Waals surface area contributed by atoms with Gasteiger partial charge in [0, 0.05) is 13.3 Å². The van der Waals surface area contributed by atoms with Crippen molar-refractivity contribution in [3.8, 4) is 0 Å². The van der Waals surface area contributed by atoms with Crippen molar-refractivity contribution in [2.24, 2.45) is 0 Å². The largest absolute Gasteiger partial charge is 0.459 e. The van der Waals surface area contributed by atoms with Crippen molar-refractivity contribution < 1.29 is 122 Å². The van der Waals surface area contributed by atoms with E-state index in [-0.39, 0.29) is 53.9 Å². The first-order chi connectivity index (χ1) is 68.3. The number of halogens is 3. The van der Waals surface area contributed by atoms with Crippen LogP contribution in [0.2, 0.25) is 0 Å². The highest BCUT2D eigenvalue weighted by Gasteiger charge is 2.60. The predicted molar refractivity (Wildman–Crippen MR) is 533 cm³/mol. The molecule has 7 aromatic carbocycles. The van der Waals surface area contributed by atoms with Crippen molar-refractivity contribution in [3.63, 3.8) is 0 Å². The fraction of sp³-hybridized carbons (Fsp3) is 0.541. The molecule has 3 N–H and O–H groups in total. The number of amides is 2. The van der Waals surface area contributed by atoms with Crippen LogP contribution in [-0.4, -0.2) is 188 Å². The molecule has 10 rings (SSSR count). The summed E-state index contributed by atoms with van der Waals surface area (Å²) in [6, 6.07) is 53.3. The lowest BCUT2D eigenvalue weighted by Crippen LogP contribution is -2.71. The molecule has 3 aliphatic rings. The Morgan fingerprint density at radius 3 is 1.23 bits per heavy atom. The Kier molecular flexibility index (Phi) is 50.3. The monoisotopic (exact) mass is 2030 g/mol. The highest BCUT2D eigenvalue weighted by molar-refractivity contribution is 7.80. The summed E-state index contributed by atoms with van der Waals surface area (Å²) in [4.78, 5) is 119. The number of rotatable bonds is 63. The van der Waals surface area contributed by atoms with Gasteiger partial charge in [0.15, 0.2) is 55.5 Å². The summed E-state index contributed by atoms with van der Waals surface area (Å²) in [5.74, 6) is -7.76. The molecule has 0 aromatic heterocycles. The van der Waals surface area contributed by atoms with E-state index in [4.69, 9.17) is 105 Å². The van der Waals surface area contributed by atoms with Crippen LogP contribution in [0, 0.1) is 0 Å². The number of carbonyl (C=O) groups excluding carboxylic acids is 8. The van der Waals surface area contributed by atoms with E-state index in [1.807, 2.05) is 0 Å². The molecule has 3 saturated heterocycles. The summed E-state index contributed by atoms with van der Waals surface area (Å²) >= 11 is 20.0. The molecule has 0 saturated carbocycles. The Bertz CT molecular complexity index is 4910. The zero-order valence-electron chi connectivity index (χ0n) is 81.4. The number of hydrogen-bond acceptors (Lipinski definition) is 25. The first-order valence-electron chi connectivity index (χ1n) is 50.3. The molecule has 0 bridgehead atoms. The average Bonchev–Trinajstić information content (AvgIpc) is 0.753. The lowest BCUT2D eigenvalue weighted by molar-refractivity contribution is -0.372. The number of ether oxygens (including phenoxy) is 14. The smallest absolute Gasteiger partial charge is 0.397 e. The normalized spacial score (nSPS) is 21.8. The molecule has 3 fully saturated rings. The van der Waals surface area contributed by atoms with Gasteiger partial charge in [-0.3, -0.25) is 18.9 Å². The Morgan fingerprint density at radius 2 is 0.787 bits per heavy atom. The van der Waals surface area contributed by atoms with Crippen LogP contribution < -0.4 is 10.6 Å². The van der Waals surface area contributed by atoms with Crippen LogP contribution in [0.4, 0.5) is 0 Å². The standard InChI is InChI=1S/C109H141Cl3N2O26S/c1-5-7-9-11-13-15-17-19-21-23-25-27-29-31-54-70-87(132-101(118)82-62-46-36-47-63-82)86(113-90(116)71-55-32-30-28-26-24-22-20-18-16-14-12-10-8-6-2)74-129-106-98(96(136-103(120)84-66-50-38-51-67-84)94(135-102(119)83-64-48-37-49-65-83)89(134-106)76-128-100(117)81-60-44-35-45-61-81)139-105-91(114-108(122)109(110,111)112)95(93(127-73-80-58-42-34-43-59-80)88(133-105)75-126-72-79-56-40-33-41-57-79)138-107-99(137-104(121)85-68-52-39-53-69-85)97(140-141(123,124)125)92(77(3)130-107)131-78(4)115/h33-53,56-69,77,86-89,91-99,105-107H,5-32,54-55,70-76H2,1-4H3,(H,113,116)(H,114,122)(H,123,124,125)/t77-,86-,87+,88+,89+,91+,92+,93+,94+,95+,96-,97+,98-,99-,105-,106-,107-/m0/s1. The van der Waals surface area contributed by atoms with Gasteiger partial charge >= 0.3 is 46.2 Å². The Hall–Kier alpha value is -9.28. The molecule has 28 nitrogen and oxygen atoms in total. The molecule has 770 valence electrons. The minimum absolute atomic E-state index is 0.0324. The zero-order valence-corrected chi connectivity index (χ0v) is 84.5. The van der Waals surface area contributed by atoms with Crippen LogP contribution >= 0.6 is 34.8 Å². The minimum atomic E-state index is -5.66. The van der Waals surface area contributed by atoms with Gasteiger partial charge in [-0.05, 0) is 98.0 Å². The molecule has 7 aromatic rings. The zero-order chi connectivity index (χ0) is 100. The van der Waals surface area contributed by atoms with E-state index in [1.165, 1.54) is 170 Å². The summed E-state index contributed by atoms with van der Waals surface area (Å²) in [7, 11) is -5.66. The predicted octanol–water partition coefficient (Wildman–Crippen LogP) is 21.5. The first-order valence-corrected chi connectivity index (χ1v) is 52.8. The second-order valence-electron chi connectivity index (χ2n) is 36.2. The molecule has 141 heavy (non-hydrogen) atoms. The molecule has 3 aliphatic heterocycles. The van der Waals surface area contributed by atoms with Gasteiger partial charge in [-0.25, -0.2) is 28.2 Å². The third-order valence-corrected chi connectivity index (χ3v) is 26.0. The molecule has 3 heterocycles. The van der Waals surface area contributed by atoms with Crippen molar-refractivity contribution in [1.29, 1.82) is 0 Å². The second kappa shape index (κ2) is 62.4. The van der Waals surface area contributed by atoms with Gasteiger partial charge in [0.25, 0.3) is 9.70 Å². The molecule has 2 amide bonds. The topological polar surface area (TPSA) is 353 Å². The van der Waals surface area contributed by atoms with E-state index >= 15 is 19.2 Å². The second-order valence-corrected chi connectivity index (χ2v) is 39.6. The van der Waals surface area contributed by atoms with E-state index in [0.29, 0.717) is 30.4 Å². The average molecular weight is 2030 g/mol. The summed E-state index contributed by atoms with van der Waals surface area (Å²) in [5.41, 5.74) is 1.27. The third-order valence-electron chi connectivity index (χ3n) is 25.1. The lowest BCUT2D eigenvalue weighted by Gasteiger charge is -2.51. The van der Waals surface area contributed by atoms with Crippen molar-refractivity contribution in [2.45, 2.75) is 354 Å². The molecule has 0 spiro atoms. The third kappa shape index (κ3) is 40.0. The molecule has 17 atom stereocenters. The molecule has 0 radical (unpaired) electrons. The molecule has 32 heteroatoms. The molecular weight excluding hydrogens is 1890 g/mol. The lowest BCUT2D eigenvalue weighted by atomic mass is 9.94. The number of alkyl halides is 3. The van der Waals surface area contributed by atoms with Gasteiger partial charge < -0.3 is 76.9 Å². The van der Waals surface area contributed by atoms with Gasteiger partial charge in [0.1, 0.15) is 43.2 Å². The van der Waals surface area contributed by atoms with Gasteiger partial charge in [-0.15, -0.1) is 0 Å². The van der Waals surface area contributed by atoms with Crippen LogP contribution in [0.25, 0.3) is 0 Å². The fourth-order valence-corrected chi connectivity index (χ4v) is 18.2. The maximum Gasteiger partial charge on any atom is 0.397 e. The maximum atomic E-state index is 15.7. The van der Waals surface area contributed by atoms with Crippen molar-refractivity contribution >= 4 is 92.8 Å². The van der Waals surface area contributed by atoms with Crippen LogP contribution in [0.5, 0.6) is 0 Å². The quantitative estimate of drug-likeness (QED) is 0.0105. The van der Waals surface area contributed by atoms with Crippen molar-refractivity contribution in [1.82, 2.24) is 10.6 Å². The number of carbonyl (C=O) groups is 8.